The van der Waals surface area contributed by atoms with Gasteiger partial charge in [-0.2, -0.15) is 0 Å². The van der Waals surface area contributed by atoms with Crippen LogP contribution < -0.4 is 16.4 Å². The minimum absolute atomic E-state index is 0.136. The van der Waals surface area contributed by atoms with E-state index < -0.39 is 24.5 Å². The third kappa shape index (κ3) is 5.20. The van der Waals surface area contributed by atoms with Crippen LogP contribution in [-0.2, 0) is 16.1 Å². The summed E-state index contributed by atoms with van der Waals surface area (Å²) < 4.78 is 9.81. The van der Waals surface area contributed by atoms with Gasteiger partial charge in [0.15, 0.2) is 6.61 Å². The topological polar surface area (TPSA) is 124 Å². The van der Waals surface area contributed by atoms with E-state index in [-0.39, 0.29) is 12.1 Å². The number of benzene rings is 1. The number of hydrogen-bond acceptors (Lipinski definition) is 6. The number of amides is 3. The Hall–Kier alpha value is -3.29. The fourth-order valence-electron chi connectivity index (χ4n) is 1.62. The first-order chi connectivity index (χ1) is 11.0. The Morgan fingerprint density at radius 2 is 1.87 bits per heavy atom. The van der Waals surface area contributed by atoms with E-state index in [9.17, 15) is 14.4 Å². The Bertz CT molecular complexity index is 680. The summed E-state index contributed by atoms with van der Waals surface area (Å²) in [5.41, 5.74) is 6.27. The van der Waals surface area contributed by atoms with Crippen molar-refractivity contribution in [1.29, 1.82) is 0 Å². The summed E-state index contributed by atoms with van der Waals surface area (Å²) in [5.74, 6) is -0.885. The SMILES string of the molecule is Nc1ccc(C(=O)OCC(=O)NC(=O)NCc2ccco2)cc1. The summed E-state index contributed by atoms with van der Waals surface area (Å²) >= 11 is 0. The van der Waals surface area contributed by atoms with Crippen LogP contribution in [0, 0.1) is 0 Å². The second-order valence-corrected chi connectivity index (χ2v) is 4.51. The number of carbonyl (C=O) groups is 3. The molecule has 4 N–H and O–H groups in total. The van der Waals surface area contributed by atoms with E-state index >= 15 is 0 Å². The first-order valence-electron chi connectivity index (χ1n) is 6.67. The molecule has 8 nitrogen and oxygen atoms in total. The number of anilines is 1. The molecule has 0 spiro atoms. The number of furan rings is 1. The first-order valence-corrected chi connectivity index (χ1v) is 6.67. The van der Waals surface area contributed by atoms with Crippen molar-refractivity contribution < 1.29 is 23.5 Å². The van der Waals surface area contributed by atoms with Crippen molar-refractivity contribution in [3.8, 4) is 0 Å². The maximum absolute atomic E-state index is 11.7. The molecule has 0 atom stereocenters. The predicted molar refractivity (Wildman–Crippen MR) is 80.2 cm³/mol. The molecule has 0 aliphatic rings. The summed E-state index contributed by atoms with van der Waals surface area (Å²) in [4.78, 5) is 34.6. The van der Waals surface area contributed by atoms with E-state index in [1.165, 1.54) is 18.4 Å². The van der Waals surface area contributed by atoms with Gasteiger partial charge in [-0.05, 0) is 36.4 Å². The van der Waals surface area contributed by atoms with Crippen molar-refractivity contribution in [2.45, 2.75) is 6.54 Å². The monoisotopic (exact) mass is 317 g/mol. The van der Waals surface area contributed by atoms with E-state index in [0.717, 1.165) is 0 Å². The number of urea groups is 1. The van der Waals surface area contributed by atoms with Gasteiger partial charge < -0.3 is 20.2 Å². The Kier molecular flexibility index (Phi) is 5.35. The normalized spacial score (nSPS) is 9.91. The largest absolute Gasteiger partial charge is 0.467 e. The van der Waals surface area contributed by atoms with Gasteiger partial charge >= 0.3 is 12.0 Å². The molecule has 0 radical (unpaired) electrons. The summed E-state index contributed by atoms with van der Waals surface area (Å²) in [6.07, 6.45) is 1.47. The van der Waals surface area contributed by atoms with Gasteiger partial charge in [-0.1, -0.05) is 0 Å². The highest BCUT2D eigenvalue weighted by molar-refractivity contribution is 5.97. The lowest BCUT2D eigenvalue weighted by Gasteiger charge is -2.07. The fourth-order valence-corrected chi connectivity index (χ4v) is 1.62. The zero-order valence-corrected chi connectivity index (χ0v) is 12.1. The smallest absolute Gasteiger partial charge is 0.338 e. The highest BCUT2D eigenvalue weighted by atomic mass is 16.5. The first kappa shape index (κ1) is 16.1. The average molecular weight is 317 g/mol. The molecule has 0 aliphatic heterocycles. The molecule has 8 heteroatoms. The molecule has 120 valence electrons. The second kappa shape index (κ2) is 7.64. The number of nitrogen functional groups attached to an aromatic ring is 1. The van der Waals surface area contributed by atoms with E-state index in [1.54, 1.807) is 24.3 Å². The second-order valence-electron chi connectivity index (χ2n) is 4.51. The Morgan fingerprint density at radius 3 is 2.52 bits per heavy atom. The Labute approximate surface area is 131 Å². The molecule has 2 rings (SSSR count). The van der Waals surface area contributed by atoms with Crippen LogP contribution in [0.1, 0.15) is 16.1 Å². The highest BCUT2D eigenvalue weighted by Gasteiger charge is 2.12. The maximum atomic E-state index is 11.7. The minimum Gasteiger partial charge on any atom is -0.467 e. The summed E-state index contributed by atoms with van der Waals surface area (Å²) in [6, 6.07) is 8.68. The lowest BCUT2D eigenvalue weighted by atomic mass is 10.2. The molecular formula is C15H15N3O5. The highest BCUT2D eigenvalue weighted by Crippen LogP contribution is 2.06. The summed E-state index contributed by atoms with van der Waals surface area (Å²) in [6.45, 7) is -0.436. The molecule has 1 aromatic heterocycles. The number of ether oxygens (including phenoxy) is 1. The Morgan fingerprint density at radius 1 is 1.13 bits per heavy atom. The van der Waals surface area contributed by atoms with Crippen molar-refractivity contribution in [3.05, 3.63) is 54.0 Å². The Balaban J connectivity index is 1.70. The van der Waals surface area contributed by atoms with Gasteiger partial charge in [-0.25, -0.2) is 9.59 Å². The molecule has 0 bridgehead atoms. The van der Waals surface area contributed by atoms with Crippen LogP contribution in [0.3, 0.4) is 0 Å². The molecular weight excluding hydrogens is 302 g/mol. The van der Waals surface area contributed by atoms with Gasteiger partial charge in [0, 0.05) is 5.69 Å². The summed E-state index contributed by atoms with van der Waals surface area (Å²) in [5, 5.41) is 4.45. The summed E-state index contributed by atoms with van der Waals surface area (Å²) in [7, 11) is 0. The predicted octanol–water partition coefficient (Wildman–Crippen LogP) is 1.04. The zero-order chi connectivity index (χ0) is 16.7. The van der Waals surface area contributed by atoms with Crippen LogP contribution in [0.15, 0.2) is 47.1 Å². The lowest BCUT2D eigenvalue weighted by molar-refractivity contribution is -0.123. The van der Waals surface area contributed by atoms with Gasteiger partial charge in [0.25, 0.3) is 5.91 Å². The van der Waals surface area contributed by atoms with E-state index in [0.29, 0.717) is 11.4 Å². The van der Waals surface area contributed by atoms with Crippen LogP contribution in [-0.4, -0.2) is 24.5 Å². The number of imide groups is 1. The molecule has 23 heavy (non-hydrogen) atoms. The zero-order valence-electron chi connectivity index (χ0n) is 12.1. The number of rotatable bonds is 5. The average Bonchev–Trinajstić information content (AvgIpc) is 3.05. The molecule has 0 saturated carbocycles. The number of nitrogens with one attached hydrogen (secondary N) is 2. The van der Waals surface area contributed by atoms with Crippen molar-refractivity contribution in [3.63, 3.8) is 0 Å². The maximum Gasteiger partial charge on any atom is 0.338 e. The van der Waals surface area contributed by atoms with Crippen LogP contribution in [0.2, 0.25) is 0 Å². The van der Waals surface area contributed by atoms with Crippen molar-refractivity contribution in [1.82, 2.24) is 10.6 Å². The standard InChI is InChI=1S/C15H15N3O5/c16-11-5-3-10(4-6-11)14(20)23-9-13(19)18-15(21)17-8-12-2-1-7-22-12/h1-7H,8-9,16H2,(H2,17,18,19,21). The van der Waals surface area contributed by atoms with Gasteiger partial charge in [0.2, 0.25) is 0 Å². The number of carbonyl (C=O) groups excluding carboxylic acids is 3. The van der Waals surface area contributed by atoms with E-state index in [4.69, 9.17) is 14.9 Å². The van der Waals surface area contributed by atoms with Gasteiger partial charge in [0.05, 0.1) is 18.4 Å². The van der Waals surface area contributed by atoms with E-state index in [2.05, 4.69) is 5.32 Å². The molecule has 0 saturated heterocycles. The third-order valence-corrected chi connectivity index (χ3v) is 2.74. The quantitative estimate of drug-likeness (QED) is 0.559. The van der Waals surface area contributed by atoms with Crippen molar-refractivity contribution in [2.75, 3.05) is 12.3 Å². The molecule has 0 unspecified atom stereocenters. The molecule has 1 aromatic carbocycles. The van der Waals surface area contributed by atoms with Crippen LogP contribution >= 0.6 is 0 Å². The van der Waals surface area contributed by atoms with Gasteiger partial charge in [0.1, 0.15) is 5.76 Å². The number of nitrogens with two attached hydrogens (primary N) is 1. The minimum atomic E-state index is -0.745. The van der Waals surface area contributed by atoms with E-state index in [1.807, 2.05) is 5.32 Å². The van der Waals surface area contributed by atoms with Crippen LogP contribution in [0.25, 0.3) is 0 Å². The van der Waals surface area contributed by atoms with Crippen molar-refractivity contribution in [2.24, 2.45) is 0 Å². The molecule has 0 aliphatic carbocycles. The fraction of sp³-hybridized carbons (Fsp3) is 0.133. The number of esters is 1. The lowest BCUT2D eigenvalue weighted by Crippen LogP contribution is -2.41. The van der Waals surface area contributed by atoms with Crippen LogP contribution in [0.5, 0.6) is 0 Å². The third-order valence-electron chi connectivity index (χ3n) is 2.74. The van der Waals surface area contributed by atoms with Crippen LogP contribution in [0.4, 0.5) is 10.5 Å². The molecule has 1 heterocycles. The van der Waals surface area contributed by atoms with Crippen molar-refractivity contribution >= 4 is 23.6 Å². The molecule has 3 amide bonds. The molecule has 0 fully saturated rings. The van der Waals surface area contributed by atoms with Gasteiger partial charge in [-0.15, -0.1) is 0 Å². The molecule has 2 aromatic rings. The van der Waals surface area contributed by atoms with Gasteiger partial charge in [-0.3, -0.25) is 10.1 Å². The number of hydrogen-bond donors (Lipinski definition) is 3.